The van der Waals surface area contributed by atoms with Crippen LogP contribution >= 0.6 is 0 Å². The van der Waals surface area contributed by atoms with Gasteiger partial charge in [-0.25, -0.2) is 8.42 Å². The van der Waals surface area contributed by atoms with E-state index in [4.69, 9.17) is 0 Å². The molecule has 32 heavy (non-hydrogen) atoms. The third-order valence-electron chi connectivity index (χ3n) is 6.31. The van der Waals surface area contributed by atoms with Crippen molar-refractivity contribution in [3.63, 3.8) is 0 Å². The van der Waals surface area contributed by atoms with Gasteiger partial charge in [-0.15, -0.1) is 0 Å². The van der Waals surface area contributed by atoms with Crippen LogP contribution in [0.5, 0.6) is 0 Å². The molecule has 7 heteroatoms. The maximum atomic E-state index is 12.8. The van der Waals surface area contributed by atoms with Gasteiger partial charge in [0.25, 0.3) is 0 Å². The van der Waals surface area contributed by atoms with E-state index in [1.807, 2.05) is 36.5 Å². The number of nitrogens with one attached hydrogen (secondary N) is 1. The first-order valence-corrected chi connectivity index (χ1v) is 12.1. The van der Waals surface area contributed by atoms with Gasteiger partial charge in [-0.1, -0.05) is 37.8 Å². The third-order valence-corrected chi connectivity index (χ3v) is 8.22. The largest absolute Gasteiger partial charge is 0.314 e. The first-order chi connectivity index (χ1) is 15.0. The van der Waals surface area contributed by atoms with Gasteiger partial charge in [0.05, 0.1) is 4.90 Å². The molecule has 1 unspecified atom stereocenters. The van der Waals surface area contributed by atoms with E-state index in [-0.39, 0.29) is 25.0 Å². The van der Waals surface area contributed by atoms with Crippen LogP contribution in [-0.2, 0) is 21.2 Å². The molecule has 2 aromatic carbocycles. The lowest BCUT2D eigenvalue weighted by Gasteiger charge is -2.26. The van der Waals surface area contributed by atoms with Crippen LogP contribution in [0.2, 0.25) is 0 Å². The summed E-state index contributed by atoms with van der Waals surface area (Å²) in [5.74, 6) is 0.452. The van der Waals surface area contributed by atoms with E-state index in [9.17, 15) is 13.2 Å². The standard InChI is InChI=1S/C24H25N3O3S.CH4/c28-24(14-17-1-2-20-16-26-8-7-19(20)13-17)23-15-22(23)18-3-5-21(6-4-18)31(29,30)27-11-9-25-10-12-27;/h1-8,13,16,22-23,25H,9-12,14-15H2;1H4/t22?,23-;/m1./s1. The van der Waals surface area contributed by atoms with Crippen LogP contribution in [0.25, 0.3) is 10.8 Å². The van der Waals surface area contributed by atoms with Gasteiger partial charge in [0, 0.05) is 56.3 Å². The van der Waals surface area contributed by atoms with Crippen LogP contribution in [0, 0.1) is 5.92 Å². The molecule has 0 amide bonds. The fraction of sp³-hybridized carbons (Fsp3) is 0.360. The van der Waals surface area contributed by atoms with E-state index in [1.165, 1.54) is 4.31 Å². The Hall–Kier alpha value is -2.61. The number of aromatic nitrogens is 1. The number of pyridine rings is 1. The Bertz CT molecular complexity index is 1220. The molecule has 2 atom stereocenters. The van der Waals surface area contributed by atoms with Crippen LogP contribution in [-0.4, -0.2) is 49.7 Å². The number of fused-ring (bicyclic) bond motifs is 1. The van der Waals surface area contributed by atoms with Crippen LogP contribution in [0.1, 0.15) is 30.9 Å². The van der Waals surface area contributed by atoms with Crippen molar-refractivity contribution < 1.29 is 13.2 Å². The number of carbonyl (C=O) groups is 1. The summed E-state index contributed by atoms with van der Waals surface area (Å²) in [5.41, 5.74) is 2.06. The average Bonchev–Trinajstić information content (AvgIpc) is 3.61. The molecular formula is C25H29N3O3S. The molecule has 2 aliphatic rings. The summed E-state index contributed by atoms with van der Waals surface area (Å²) >= 11 is 0. The highest BCUT2D eigenvalue weighted by molar-refractivity contribution is 7.89. The molecule has 1 aromatic heterocycles. The Morgan fingerprint density at radius 3 is 2.53 bits per heavy atom. The van der Waals surface area contributed by atoms with Crippen molar-refractivity contribution in [1.29, 1.82) is 0 Å². The zero-order chi connectivity index (χ0) is 21.4. The van der Waals surface area contributed by atoms with Crippen LogP contribution in [0.3, 0.4) is 0 Å². The van der Waals surface area contributed by atoms with Gasteiger partial charge >= 0.3 is 0 Å². The molecule has 1 aliphatic carbocycles. The average molecular weight is 452 g/mol. The molecule has 3 aromatic rings. The number of nitrogens with zero attached hydrogens (tertiary/aromatic N) is 2. The van der Waals surface area contributed by atoms with E-state index >= 15 is 0 Å². The molecule has 6 nitrogen and oxygen atoms in total. The second-order valence-corrected chi connectivity index (χ2v) is 10.3. The smallest absolute Gasteiger partial charge is 0.243 e. The molecule has 168 valence electrons. The monoisotopic (exact) mass is 451 g/mol. The molecule has 2 heterocycles. The van der Waals surface area contributed by atoms with E-state index in [0.717, 1.165) is 28.3 Å². The minimum absolute atomic E-state index is 0. The van der Waals surface area contributed by atoms with Crippen LogP contribution < -0.4 is 5.32 Å². The number of ketones is 1. The summed E-state index contributed by atoms with van der Waals surface area (Å²) < 4.78 is 27.1. The van der Waals surface area contributed by atoms with Gasteiger partial charge in [-0.2, -0.15) is 4.31 Å². The fourth-order valence-electron chi connectivity index (χ4n) is 4.42. The molecular weight excluding hydrogens is 422 g/mol. The molecule has 1 aliphatic heterocycles. The van der Waals surface area contributed by atoms with Crippen LogP contribution in [0.15, 0.2) is 65.8 Å². The van der Waals surface area contributed by atoms with Gasteiger partial charge in [0.15, 0.2) is 0 Å². The van der Waals surface area contributed by atoms with E-state index in [1.54, 1.807) is 18.3 Å². The number of rotatable bonds is 6. The topological polar surface area (TPSA) is 79.4 Å². The summed E-state index contributed by atoms with van der Waals surface area (Å²) in [6, 6.07) is 15.1. The number of carbonyl (C=O) groups excluding carboxylic acids is 1. The van der Waals surface area contributed by atoms with E-state index in [2.05, 4.69) is 16.4 Å². The number of hydrogen-bond acceptors (Lipinski definition) is 5. The highest BCUT2D eigenvalue weighted by Gasteiger charge is 2.43. The number of benzene rings is 2. The second-order valence-electron chi connectivity index (χ2n) is 8.37. The fourth-order valence-corrected chi connectivity index (χ4v) is 5.86. The van der Waals surface area contributed by atoms with Gasteiger partial charge in [-0.3, -0.25) is 9.78 Å². The Balaban J connectivity index is 0.00000245. The summed E-state index contributed by atoms with van der Waals surface area (Å²) in [6.07, 6.45) is 4.84. The molecule has 5 rings (SSSR count). The van der Waals surface area contributed by atoms with Crippen LogP contribution in [0.4, 0.5) is 0 Å². The molecule has 1 N–H and O–H groups in total. The minimum Gasteiger partial charge on any atom is -0.314 e. The molecule has 0 spiro atoms. The Labute approximate surface area is 189 Å². The lowest BCUT2D eigenvalue weighted by molar-refractivity contribution is -0.119. The zero-order valence-corrected chi connectivity index (χ0v) is 18.0. The summed E-state index contributed by atoms with van der Waals surface area (Å²) in [5, 5.41) is 5.33. The van der Waals surface area contributed by atoms with Crippen molar-refractivity contribution in [2.24, 2.45) is 5.92 Å². The SMILES string of the molecule is C.O=C(Cc1ccc2cnccc2c1)[C@@H]1CC1c1ccc(S(=O)(=O)N2CCNCC2)cc1. The highest BCUT2D eigenvalue weighted by atomic mass is 32.2. The quantitative estimate of drug-likeness (QED) is 0.622. The molecule has 1 saturated carbocycles. The van der Waals surface area contributed by atoms with Gasteiger partial charge < -0.3 is 5.32 Å². The second kappa shape index (κ2) is 9.10. The predicted octanol–water partition coefficient (Wildman–Crippen LogP) is 3.38. The number of piperazine rings is 1. The normalized spacial score (nSPS) is 21.1. The Morgan fingerprint density at radius 1 is 1.03 bits per heavy atom. The van der Waals surface area contributed by atoms with Crippen molar-refractivity contribution in [3.8, 4) is 0 Å². The lowest BCUT2D eigenvalue weighted by atomic mass is 10.0. The molecule has 0 bridgehead atoms. The summed E-state index contributed by atoms with van der Waals surface area (Å²) in [7, 11) is -3.45. The van der Waals surface area contributed by atoms with Crippen molar-refractivity contribution in [2.45, 2.75) is 31.1 Å². The summed E-state index contributed by atoms with van der Waals surface area (Å²) in [6.45, 7) is 2.34. The third kappa shape index (κ3) is 4.46. The molecule has 1 saturated heterocycles. The van der Waals surface area contributed by atoms with Crippen molar-refractivity contribution in [2.75, 3.05) is 26.2 Å². The van der Waals surface area contributed by atoms with Gasteiger partial charge in [0.2, 0.25) is 10.0 Å². The highest BCUT2D eigenvalue weighted by Crippen LogP contribution is 2.48. The molecule has 0 radical (unpaired) electrons. The van der Waals surface area contributed by atoms with E-state index in [0.29, 0.717) is 37.5 Å². The minimum atomic E-state index is -3.45. The van der Waals surface area contributed by atoms with E-state index < -0.39 is 10.0 Å². The Kier molecular flexibility index (Phi) is 6.42. The Morgan fingerprint density at radius 2 is 1.78 bits per heavy atom. The van der Waals surface area contributed by atoms with Crippen molar-refractivity contribution in [3.05, 3.63) is 72.1 Å². The maximum Gasteiger partial charge on any atom is 0.243 e. The van der Waals surface area contributed by atoms with Gasteiger partial charge in [0.1, 0.15) is 5.78 Å². The predicted molar refractivity (Wildman–Crippen MR) is 126 cm³/mol. The number of hydrogen-bond donors (Lipinski definition) is 1. The number of Topliss-reactive ketones (excluding diaryl/α,β-unsaturated/α-hetero) is 1. The maximum absolute atomic E-state index is 12.8. The summed E-state index contributed by atoms with van der Waals surface area (Å²) in [4.78, 5) is 17.3. The number of sulfonamides is 1. The first-order valence-electron chi connectivity index (χ1n) is 10.7. The lowest BCUT2D eigenvalue weighted by Crippen LogP contribution is -2.46. The van der Waals surface area contributed by atoms with Crippen molar-refractivity contribution in [1.82, 2.24) is 14.6 Å². The van der Waals surface area contributed by atoms with Crippen molar-refractivity contribution >= 4 is 26.6 Å². The zero-order valence-electron chi connectivity index (χ0n) is 17.2. The molecule has 2 fully saturated rings. The first kappa shape index (κ1) is 22.6. The van der Waals surface area contributed by atoms with Gasteiger partial charge in [-0.05, 0) is 47.1 Å².